The van der Waals surface area contributed by atoms with Crippen molar-refractivity contribution in [3.63, 3.8) is 0 Å². The summed E-state index contributed by atoms with van der Waals surface area (Å²) in [7, 11) is 0. The zero-order chi connectivity index (χ0) is 0. The fourth-order valence-corrected chi connectivity index (χ4v) is 0. The van der Waals surface area contributed by atoms with Gasteiger partial charge in [-0.3, -0.25) is 0 Å². The highest BCUT2D eigenvalue weighted by Gasteiger charge is 0.00101. The molecule has 0 aliphatic heterocycles. The van der Waals surface area contributed by atoms with Crippen molar-refractivity contribution >= 4 is 46.1 Å². The van der Waals surface area contributed by atoms with Gasteiger partial charge in [0.1, 0.15) is 0 Å². The van der Waals surface area contributed by atoms with Gasteiger partial charge in [-0.1, -0.05) is 0 Å². The monoisotopic (exact) mass is 84.0 g/mol. The quantitative estimate of drug-likeness (QED) is 0.294. The molecule has 0 aromatic rings. The van der Waals surface area contributed by atoms with E-state index < -0.39 is 0 Å². The van der Waals surface area contributed by atoms with Gasteiger partial charge in [-0.25, -0.2) is 0 Å². The van der Waals surface area contributed by atoms with E-state index in [-0.39, 0.29) is 57.1 Å². The Hall–Kier alpha value is 1.45. The molecule has 0 amide bonds. The summed E-state index contributed by atoms with van der Waals surface area (Å²) in [5.74, 6) is 0. The Bertz CT molecular complexity index is 4.00. The second-order valence-electron chi connectivity index (χ2n) is 0. The van der Waals surface area contributed by atoms with E-state index in [1.54, 1.807) is 0 Å². The average Bonchev–Trinajstić information content (AvgIpc) is 0. The van der Waals surface area contributed by atoms with Gasteiger partial charge < -0.3 is 11.0 Å². The number of hydrogen-bond donors (Lipinski definition) is 0. The molecular formula is H4Mg2O2. The van der Waals surface area contributed by atoms with Gasteiger partial charge in [-0.2, -0.15) is 0 Å². The maximum absolute atomic E-state index is 0. The summed E-state index contributed by atoms with van der Waals surface area (Å²) in [6, 6.07) is 0. The van der Waals surface area contributed by atoms with E-state index in [0.717, 1.165) is 0 Å². The third-order valence-corrected chi connectivity index (χ3v) is 0. The second kappa shape index (κ2) is 25.2. The van der Waals surface area contributed by atoms with Crippen molar-refractivity contribution < 1.29 is 11.0 Å². The predicted octanol–water partition coefficient (Wildman–Crippen LogP) is -2.41. The number of hydrogen-bond acceptors (Lipinski definition) is 0. The van der Waals surface area contributed by atoms with Gasteiger partial charge in [-0.15, -0.1) is 0 Å². The van der Waals surface area contributed by atoms with Crippen molar-refractivity contribution in [3.8, 4) is 0 Å². The normalized spacial score (nSPS) is 0. The van der Waals surface area contributed by atoms with Crippen molar-refractivity contribution in [1.82, 2.24) is 0 Å². The highest BCUT2D eigenvalue weighted by atomic mass is 24.3. The highest BCUT2D eigenvalue weighted by molar-refractivity contribution is 5.76. The van der Waals surface area contributed by atoms with Gasteiger partial charge in [0.2, 0.25) is 0 Å². The summed E-state index contributed by atoms with van der Waals surface area (Å²) in [4.78, 5) is 0. The van der Waals surface area contributed by atoms with Crippen LogP contribution in [0.5, 0.6) is 0 Å². The van der Waals surface area contributed by atoms with Crippen LogP contribution >= 0.6 is 0 Å². The molecule has 0 aromatic carbocycles. The van der Waals surface area contributed by atoms with E-state index in [9.17, 15) is 0 Å². The fourth-order valence-electron chi connectivity index (χ4n) is 0. The molecule has 2 nitrogen and oxygen atoms in total. The summed E-state index contributed by atoms with van der Waals surface area (Å²) < 4.78 is 0. The third-order valence-electron chi connectivity index (χ3n) is 0. The van der Waals surface area contributed by atoms with Crippen LogP contribution in [0.4, 0.5) is 0 Å². The van der Waals surface area contributed by atoms with Crippen LogP contribution < -0.4 is 0 Å². The molecular weight excluding hydrogens is 80.6 g/mol. The van der Waals surface area contributed by atoms with Crippen LogP contribution in [0.1, 0.15) is 0 Å². The first-order valence-corrected chi connectivity index (χ1v) is 0. The fraction of sp³-hybridized carbons (Fsp3) is 0. The molecule has 4 radical (unpaired) electrons. The molecule has 0 atom stereocenters. The van der Waals surface area contributed by atoms with E-state index in [1.165, 1.54) is 0 Å². The summed E-state index contributed by atoms with van der Waals surface area (Å²) in [6.45, 7) is 0. The molecule has 20 valence electrons. The lowest BCUT2D eigenvalue weighted by Gasteiger charge is -0.413. The Morgan fingerprint density at radius 2 is 0.500 bits per heavy atom. The minimum absolute atomic E-state index is 0. The molecule has 4 heteroatoms. The van der Waals surface area contributed by atoms with Crippen molar-refractivity contribution in [2.75, 3.05) is 0 Å². The molecule has 0 fully saturated rings. The molecule has 0 spiro atoms. The Kier molecular flexibility index (Phi) is 322. The SMILES string of the molecule is O.O.[Mg].[Mg]. The van der Waals surface area contributed by atoms with E-state index in [2.05, 4.69) is 0 Å². The lowest BCUT2D eigenvalue weighted by Crippen LogP contribution is -0.382. The van der Waals surface area contributed by atoms with Crippen LogP contribution in [-0.4, -0.2) is 57.1 Å². The van der Waals surface area contributed by atoms with Crippen LogP contribution in [0, 0.1) is 0 Å². The molecule has 4 heavy (non-hydrogen) atoms. The van der Waals surface area contributed by atoms with E-state index in [1.807, 2.05) is 0 Å². The van der Waals surface area contributed by atoms with E-state index >= 15 is 0 Å². The number of rotatable bonds is 0. The van der Waals surface area contributed by atoms with Gasteiger partial charge in [0.25, 0.3) is 0 Å². The van der Waals surface area contributed by atoms with Crippen LogP contribution in [0.2, 0.25) is 0 Å². The molecule has 0 saturated heterocycles. The van der Waals surface area contributed by atoms with Gasteiger partial charge in [0.05, 0.1) is 0 Å². The zero-order valence-electron chi connectivity index (χ0n) is 2.41. The van der Waals surface area contributed by atoms with Gasteiger partial charge >= 0.3 is 0 Å². The Morgan fingerprint density at radius 3 is 0.500 bits per heavy atom. The smallest absolute Gasteiger partial charge is 0 e. The molecule has 0 heterocycles. The Labute approximate surface area is 56.9 Å². The molecule has 0 aliphatic carbocycles. The molecule has 0 aliphatic rings. The largest absolute Gasteiger partial charge is 0.412 e. The maximum atomic E-state index is 0. The minimum atomic E-state index is 0. The molecule has 0 saturated carbocycles. The average molecular weight is 84.6 g/mol. The van der Waals surface area contributed by atoms with Crippen LogP contribution in [0.3, 0.4) is 0 Å². The lowest BCUT2D eigenvalue weighted by molar-refractivity contribution is 0.823. The third kappa shape index (κ3) is 9.84. The predicted molar refractivity (Wildman–Crippen MR) is 18.7 cm³/mol. The summed E-state index contributed by atoms with van der Waals surface area (Å²) in [5, 5.41) is 0. The lowest BCUT2D eigenvalue weighted by atomic mass is 16.0. The molecule has 0 aromatic heterocycles. The van der Waals surface area contributed by atoms with Crippen molar-refractivity contribution in [3.05, 3.63) is 0 Å². The van der Waals surface area contributed by atoms with Gasteiger partial charge in [-0.05, 0) is 0 Å². The van der Waals surface area contributed by atoms with E-state index in [4.69, 9.17) is 0 Å². The summed E-state index contributed by atoms with van der Waals surface area (Å²) in [5.41, 5.74) is 0. The van der Waals surface area contributed by atoms with Crippen LogP contribution in [0.15, 0.2) is 0 Å². The zero-order valence-corrected chi connectivity index (χ0v) is 5.24. The van der Waals surface area contributed by atoms with Crippen LogP contribution in [0.25, 0.3) is 0 Å². The Morgan fingerprint density at radius 1 is 0.500 bits per heavy atom. The molecule has 4 N–H and O–H groups in total. The first kappa shape index (κ1) is 51.2. The van der Waals surface area contributed by atoms with Crippen molar-refractivity contribution in [2.24, 2.45) is 0 Å². The van der Waals surface area contributed by atoms with Crippen molar-refractivity contribution in [2.45, 2.75) is 0 Å². The highest BCUT2D eigenvalue weighted by Crippen LogP contribution is -0.288. The maximum Gasteiger partial charge on any atom is 0 e. The van der Waals surface area contributed by atoms with Crippen molar-refractivity contribution in [1.29, 1.82) is 0 Å². The molecule has 0 bridgehead atoms. The summed E-state index contributed by atoms with van der Waals surface area (Å²) in [6.07, 6.45) is 0. The summed E-state index contributed by atoms with van der Waals surface area (Å²) >= 11 is 0. The minimum Gasteiger partial charge on any atom is -0.412 e. The van der Waals surface area contributed by atoms with Crippen LogP contribution in [-0.2, 0) is 0 Å². The first-order chi connectivity index (χ1) is 0. The standard InChI is InChI=1S/2Mg.2H2O/h;;2*1H2. The second-order valence-corrected chi connectivity index (χ2v) is 0. The molecule has 0 rings (SSSR count). The topological polar surface area (TPSA) is 63.0 Å². The van der Waals surface area contributed by atoms with Gasteiger partial charge in [0, 0.05) is 46.1 Å². The Balaban J connectivity index is 0. The first-order valence-electron chi connectivity index (χ1n) is 0. The van der Waals surface area contributed by atoms with E-state index in [0.29, 0.717) is 0 Å². The molecule has 0 unspecified atom stereocenters. The van der Waals surface area contributed by atoms with Gasteiger partial charge in [0.15, 0.2) is 0 Å².